The van der Waals surface area contributed by atoms with Crippen LogP contribution < -0.4 is 10.6 Å². The second-order valence-electron chi connectivity index (χ2n) is 7.28. The maximum Gasteiger partial charge on any atom is 0.319 e. The Labute approximate surface area is 181 Å². The van der Waals surface area contributed by atoms with Crippen molar-refractivity contribution < 1.29 is 30.0 Å². The fourth-order valence-corrected chi connectivity index (χ4v) is 4.24. The maximum absolute atomic E-state index is 12.3. The number of aliphatic hydroxyl groups is 4. The summed E-state index contributed by atoms with van der Waals surface area (Å²) in [6.07, 6.45) is -5.79. The summed E-state index contributed by atoms with van der Waals surface area (Å²) in [6, 6.07) is 8.77. The molecular weight excluding hydrogens is 424 g/mol. The lowest BCUT2D eigenvalue weighted by Crippen LogP contribution is -2.55. The van der Waals surface area contributed by atoms with Gasteiger partial charge in [-0.25, -0.2) is 9.78 Å². The fraction of sp³-hybridized carbons (Fsp3) is 0.400. The number of carbonyl (C=O) groups is 1. The van der Waals surface area contributed by atoms with Crippen molar-refractivity contribution in [3.8, 4) is 0 Å². The first-order chi connectivity index (χ1) is 15.0. The summed E-state index contributed by atoms with van der Waals surface area (Å²) in [4.78, 5) is 20.9. The zero-order valence-corrected chi connectivity index (χ0v) is 17.2. The van der Waals surface area contributed by atoms with Crippen LogP contribution in [0.4, 0.5) is 10.5 Å². The minimum atomic E-state index is -1.50. The van der Waals surface area contributed by atoms with Crippen molar-refractivity contribution >= 4 is 34.1 Å². The molecule has 2 amide bonds. The summed E-state index contributed by atoms with van der Waals surface area (Å²) in [6.45, 7) is -0.0425. The van der Waals surface area contributed by atoms with Gasteiger partial charge in [-0.1, -0.05) is 12.1 Å². The molecule has 1 aliphatic heterocycles. The molecule has 3 aromatic rings. The van der Waals surface area contributed by atoms with Crippen LogP contribution in [0.15, 0.2) is 35.7 Å². The van der Waals surface area contributed by atoms with Crippen molar-refractivity contribution in [2.24, 2.45) is 0 Å². The highest BCUT2D eigenvalue weighted by atomic mass is 32.1. The highest BCUT2D eigenvalue weighted by molar-refractivity contribution is 7.09. The van der Waals surface area contributed by atoms with E-state index in [2.05, 4.69) is 20.6 Å². The smallest absolute Gasteiger partial charge is 0.319 e. The average Bonchev–Trinajstić information content (AvgIpc) is 3.42. The minimum Gasteiger partial charge on any atom is -0.394 e. The van der Waals surface area contributed by atoms with Gasteiger partial charge in [0.15, 0.2) is 0 Å². The number of H-pyrrole nitrogens is 1. The Morgan fingerprint density at radius 1 is 1.16 bits per heavy atom. The Bertz CT molecular complexity index is 1020. The molecule has 1 fully saturated rings. The van der Waals surface area contributed by atoms with Crippen molar-refractivity contribution in [1.82, 2.24) is 15.3 Å². The highest BCUT2D eigenvalue weighted by Gasteiger charge is 2.45. The van der Waals surface area contributed by atoms with Crippen LogP contribution in [0.2, 0.25) is 0 Å². The van der Waals surface area contributed by atoms with E-state index in [-0.39, 0.29) is 11.9 Å². The lowest BCUT2D eigenvalue weighted by Gasteiger charge is -2.39. The summed E-state index contributed by atoms with van der Waals surface area (Å²) in [5, 5.41) is 47.3. The third kappa shape index (κ3) is 4.56. The van der Waals surface area contributed by atoms with Crippen molar-refractivity contribution in [2.45, 2.75) is 36.9 Å². The number of benzene rings is 1. The van der Waals surface area contributed by atoms with Gasteiger partial charge in [-0.15, -0.1) is 11.3 Å². The van der Waals surface area contributed by atoms with Crippen LogP contribution >= 0.6 is 11.3 Å². The monoisotopic (exact) mass is 448 g/mol. The number of imidazole rings is 1. The number of fused-ring (bicyclic) bond motifs is 1. The molecule has 0 saturated carbocycles. The molecule has 0 unspecified atom stereocenters. The SMILES string of the molecule is O=C(NCCc1cccs1)Nc1cccc2[nH]c([C@@H]3O[C@H](CO)[C@@H](O)[C@H](O)[C@H]3O)nc12. The van der Waals surface area contributed by atoms with Gasteiger partial charge in [0.2, 0.25) is 0 Å². The summed E-state index contributed by atoms with van der Waals surface area (Å²) in [7, 11) is 0. The van der Waals surface area contributed by atoms with Crippen LogP contribution in [-0.4, -0.2) is 74.0 Å². The first-order valence-electron chi connectivity index (χ1n) is 9.84. The average molecular weight is 449 g/mol. The molecular formula is C20H24N4O6S. The van der Waals surface area contributed by atoms with Crippen LogP contribution in [-0.2, 0) is 11.2 Å². The number of amides is 2. The van der Waals surface area contributed by atoms with E-state index < -0.39 is 37.1 Å². The van der Waals surface area contributed by atoms with E-state index in [0.717, 1.165) is 6.42 Å². The summed E-state index contributed by atoms with van der Waals surface area (Å²) in [5.41, 5.74) is 1.49. The van der Waals surface area contributed by atoms with Gasteiger partial charge in [-0.2, -0.15) is 0 Å². The summed E-state index contributed by atoms with van der Waals surface area (Å²) in [5.74, 6) is 0.208. The largest absolute Gasteiger partial charge is 0.394 e. The maximum atomic E-state index is 12.3. The standard InChI is InChI=1S/C20H24N4O6S/c25-9-13-15(26)16(27)17(28)18(30-13)19-22-11-4-1-5-12(14(11)24-19)23-20(29)21-7-6-10-3-2-8-31-10/h1-5,8,13,15-18,25-28H,6-7,9H2,(H,22,24)(H2,21,23,29)/t13-,15-,16+,17-,18-/m1/s1. The van der Waals surface area contributed by atoms with Gasteiger partial charge >= 0.3 is 6.03 Å². The van der Waals surface area contributed by atoms with E-state index in [0.29, 0.717) is 23.3 Å². The van der Waals surface area contributed by atoms with Crippen molar-refractivity contribution in [3.05, 3.63) is 46.4 Å². The third-order valence-corrected chi connectivity index (χ3v) is 6.11. The molecule has 31 heavy (non-hydrogen) atoms. The number of hydrogen-bond acceptors (Lipinski definition) is 8. The second-order valence-corrected chi connectivity index (χ2v) is 8.32. The van der Waals surface area contributed by atoms with E-state index in [1.54, 1.807) is 29.5 Å². The van der Waals surface area contributed by atoms with Crippen molar-refractivity contribution in [3.63, 3.8) is 0 Å². The van der Waals surface area contributed by atoms with Crippen LogP contribution in [0.5, 0.6) is 0 Å². The van der Waals surface area contributed by atoms with E-state index in [1.807, 2.05) is 17.5 Å². The number of anilines is 1. The zero-order chi connectivity index (χ0) is 22.0. The molecule has 166 valence electrons. The molecule has 4 rings (SSSR count). The molecule has 2 aromatic heterocycles. The number of aliphatic hydroxyl groups excluding tert-OH is 4. The van der Waals surface area contributed by atoms with Crippen LogP contribution in [0.25, 0.3) is 11.0 Å². The number of aromatic nitrogens is 2. The topological polar surface area (TPSA) is 160 Å². The Balaban J connectivity index is 1.48. The predicted molar refractivity (Wildman–Crippen MR) is 114 cm³/mol. The number of nitrogens with one attached hydrogen (secondary N) is 3. The Kier molecular flexibility index (Phi) is 6.51. The summed E-state index contributed by atoms with van der Waals surface area (Å²) < 4.78 is 5.55. The van der Waals surface area contributed by atoms with Gasteiger partial charge in [-0.05, 0) is 30.0 Å². The molecule has 0 bridgehead atoms. The Hall–Kier alpha value is -2.54. The minimum absolute atomic E-state index is 0.208. The summed E-state index contributed by atoms with van der Waals surface area (Å²) >= 11 is 1.63. The first-order valence-corrected chi connectivity index (χ1v) is 10.7. The molecule has 3 heterocycles. The molecule has 10 nitrogen and oxygen atoms in total. The van der Waals surface area contributed by atoms with Gasteiger partial charge in [0.25, 0.3) is 0 Å². The lowest BCUT2D eigenvalue weighted by molar-refractivity contribution is -0.233. The number of para-hydroxylation sites is 1. The Morgan fingerprint density at radius 2 is 2.00 bits per heavy atom. The van der Waals surface area contributed by atoms with Crippen LogP contribution in [0.3, 0.4) is 0 Å². The normalized spacial score (nSPS) is 26.1. The van der Waals surface area contributed by atoms with Crippen LogP contribution in [0.1, 0.15) is 16.8 Å². The molecule has 7 N–H and O–H groups in total. The number of aromatic amines is 1. The number of thiophene rings is 1. The number of carbonyl (C=O) groups excluding carboxylic acids is 1. The number of nitrogens with zero attached hydrogens (tertiary/aromatic N) is 1. The van der Waals surface area contributed by atoms with Crippen LogP contribution in [0, 0.1) is 0 Å². The third-order valence-electron chi connectivity index (χ3n) is 5.18. The Morgan fingerprint density at radius 3 is 2.74 bits per heavy atom. The molecule has 0 aliphatic carbocycles. The van der Waals surface area contributed by atoms with E-state index in [9.17, 15) is 25.2 Å². The lowest BCUT2D eigenvalue weighted by atomic mass is 9.95. The van der Waals surface area contributed by atoms with Gasteiger partial charge < -0.3 is 40.8 Å². The molecule has 0 radical (unpaired) electrons. The zero-order valence-electron chi connectivity index (χ0n) is 16.4. The van der Waals surface area contributed by atoms with Gasteiger partial charge in [-0.3, -0.25) is 0 Å². The van der Waals surface area contributed by atoms with Crippen molar-refractivity contribution in [1.29, 1.82) is 0 Å². The number of hydrogen-bond donors (Lipinski definition) is 7. The molecule has 1 aliphatic rings. The molecule has 1 saturated heterocycles. The highest BCUT2D eigenvalue weighted by Crippen LogP contribution is 2.33. The predicted octanol–water partition coefficient (Wildman–Crippen LogP) is 0.503. The van der Waals surface area contributed by atoms with Crippen molar-refractivity contribution in [2.75, 3.05) is 18.5 Å². The van der Waals surface area contributed by atoms with E-state index in [4.69, 9.17) is 4.74 Å². The first kappa shape index (κ1) is 21.7. The van der Waals surface area contributed by atoms with Gasteiger partial charge in [0, 0.05) is 11.4 Å². The number of ether oxygens (including phenoxy) is 1. The van der Waals surface area contributed by atoms with Gasteiger partial charge in [0.1, 0.15) is 41.9 Å². The number of rotatable bonds is 6. The molecule has 11 heteroatoms. The van der Waals surface area contributed by atoms with E-state index >= 15 is 0 Å². The van der Waals surface area contributed by atoms with E-state index in [1.165, 1.54) is 4.88 Å². The van der Waals surface area contributed by atoms with Gasteiger partial charge in [0.05, 0.1) is 17.8 Å². The quantitative estimate of drug-likeness (QED) is 0.289. The second kappa shape index (κ2) is 9.30. The molecule has 5 atom stereocenters. The molecule has 1 aromatic carbocycles. The molecule has 0 spiro atoms. The fourth-order valence-electron chi connectivity index (χ4n) is 3.53. The number of urea groups is 1.